The predicted octanol–water partition coefficient (Wildman–Crippen LogP) is 4.42. The molecule has 0 atom stereocenters. The fraction of sp³-hybridized carbons (Fsp3) is 0. The molecular weight excluding hydrogens is 374 g/mol. The Bertz CT molecular complexity index is 1280. The number of halogens is 1. The first-order chi connectivity index (χ1) is 13.7. The number of aromatic nitrogens is 3. The highest BCUT2D eigenvalue weighted by molar-refractivity contribution is 6.31. The molecule has 0 radical (unpaired) electrons. The van der Waals surface area contributed by atoms with Gasteiger partial charge in [-0.3, -0.25) is 14.2 Å². The molecular formula is C22H14ClN3O2. The largest absolute Gasteiger partial charge is 0.298 e. The van der Waals surface area contributed by atoms with Crippen molar-refractivity contribution in [3.8, 4) is 5.69 Å². The second-order valence-corrected chi connectivity index (χ2v) is 6.42. The number of hydrogen-bond acceptors (Lipinski definition) is 4. The number of aldehydes is 1. The Labute approximate surface area is 165 Å². The summed E-state index contributed by atoms with van der Waals surface area (Å²) in [6.07, 6.45) is 5.87. The third kappa shape index (κ3) is 3.35. The number of nitrogens with zero attached hydrogens (tertiary/aromatic N) is 3. The third-order valence-electron chi connectivity index (χ3n) is 4.25. The van der Waals surface area contributed by atoms with Crippen molar-refractivity contribution in [1.29, 1.82) is 0 Å². The molecule has 0 saturated heterocycles. The van der Waals surface area contributed by atoms with Crippen LogP contribution in [0.2, 0.25) is 5.15 Å². The van der Waals surface area contributed by atoms with Gasteiger partial charge in [-0.2, -0.15) is 0 Å². The second kappa shape index (κ2) is 7.58. The second-order valence-electron chi connectivity index (χ2n) is 6.06. The quantitative estimate of drug-likeness (QED) is 0.384. The van der Waals surface area contributed by atoms with Crippen LogP contribution in [0.1, 0.15) is 21.7 Å². The standard InChI is InChI=1S/C22H14ClN3O2/c23-21-19(9-4-12-24-21)26-20(11-10-15-5-3-6-16(13-15)14-27)25-18-8-2-1-7-17(18)22(26)28/h1-14H/b11-10+. The van der Waals surface area contributed by atoms with Gasteiger partial charge in [0.15, 0.2) is 5.15 Å². The van der Waals surface area contributed by atoms with Gasteiger partial charge in [0.25, 0.3) is 5.56 Å². The molecule has 0 aliphatic heterocycles. The minimum Gasteiger partial charge on any atom is -0.298 e. The Kier molecular flexibility index (Phi) is 4.83. The monoisotopic (exact) mass is 387 g/mol. The zero-order valence-corrected chi connectivity index (χ0v) is 15.4. The van der Waals surface area contributed by atoms with Crippen molar-refractivity contribution >= 4 is 40.9 Å². The first-order valence-corrected chi connectivity index (χ1v) is 8.91. The summed E-state index contributed by atoms with van der Waals surface area (Å²) in [5.41, 5.74) is 2.19. The highest BCUT2D eigenvalue weighted by atomic mass is 35.5. The number of pyridine rings is 1. The Hall–Kier alpha value is -3.57. The lowest BCUT2D eigenvalue weighted by atomic mass is 10.1. The molecule has 0 amide bonds. The van der Waals surface area contributed by atoms with Crippen LogP contribution in [0.15, 0.2) is 71.7 Å². The number of hydrogen-bond donors (Lipinski definition) is 0. The van der Waals surface area contributed by atoms with Gasteiger partial charge in [0.2, 0.25) is 0 Å². The van der Waals surface area contributed by atoms with Gasteiger partial charge in [0, 0.05) is 11.8 Å². The van der Waals surface area contributed by atoms with E-state index in [1.54, 1.807) is 66.9 Å². The molecule has 136 valence electrons. The molecule has 5 nitrogen and oxygen atoms in total. The van der Waals surface area contributed by atoms with Crippen molar-refractivity contribution in [3.63, 3.8) is 0 Å². The van der Waals surface area contributed by atoms with E-state index in [1.165, 1.54) is 4.57 Å². The fourth-order valence-corrected chi connectivity index (χ4v) is 3.15. The third-order valence-corrected chi connectivity index (χ3v) is 4.54. The maximum absolute atomic E-state index is 13.2. The zero-order valence-electron chi connectivity index (χ0n) is 14.6. The van der Waals surface area contributed by atoms with Gasteiger partial charge in [-0.05, 0) is 42.0 Å². The van der Waals surface area contributed by atoms with Crippen molar-refractivity contribution in [2.24, 2.45) is 0 Å². The molecule has 0 N–H and O–H groups in total. The molecule has 0 saturated carbocycles. The van der Waals surface area contributed by atoms with Crippen LogP contribution in [0.5, 0.6) is 0 Å². The average Bonchev–Trinajstić information content (AvgIpc) is 2.73. The first kappa shape index (κ1) is 17.8. The first-order valence-electron chi connectivity index (χ1n) is 8.53. The lowest BCUT2D eigenvalue weighted by Crippen LogP contribution is -2.22. The smallest absolute Gasteiger partial charge is 0.266 e. The summed E-state index contributed by atoms with van der Waals surface area (Å²) >= 11 is 6.25. The summed E-state index contributed by atoms with van der Waals surface area (Å²) < 4.78 is 1.44. The van der Waals surface area contributed by atoms with Gasteiger partial charge in [-0.25, -0.2) is 9.97 Å². The van der Waals surface area contributed by atoms with E-state index >= 15 is 0 Å². The molecule has 2 heterocycles. The maximum atomic E-state index is 13.2. The van der Waals surface area contributed by atoms with Gasteiger partial charge in [0.1, 0.15) is 12.1 Å². The number of carbonyl (C=O) groups excluding carboxylic acids is 1. The molecule has 0 unspecified atom stereocenters. The van der Waals surface area contributed by atoms with Gasteiger partial charge >= 0.3 is 0 Å². The molecule has 0 aliphatic carbocycles. The van der Waals surface area contributed by atoms with E-state index in [0.717, 1.165) is 11.8 Å². The summed E-state index contributed by atoms with van der Waals surface area (Å²) in [7, 11) is 0. The van der Waals surface area contributed by atoms with Gasteiger partial charge in [-0.15, -0.1) is 0 Å². The van der Waals surface area contributed by atoms with Crippen LogP contribution in [0.25, 0.3) is 28.7 Å². The zero-order chi connectivity index (χ0) is 19.5. The van der Waals surface area contributed by atoms with Crippen molar-refractivity contribution in [3.05, 3.63) is 99.3 Å². The molecule has 0 fully saturated rings. The Morgan fingerprint density at radius 1 is 0.929 bits per heavy atom. The number of benzene rings is 2. The molecule has 0 spiro atoms. The molecule has 4 aromatic rings. The molecule has 28 heavy (non-hydrogen) atoms. The SMILES string of the molecule is O=Cc1cccc(/C=C/c2nc3ccccc3c(=O)n2-c2cccnc2Cl)c1. The van der Waals surface area contributed by atoms with Crippen LogP contribution in [-0.2, 0) is 0 Å². The Balaban J connectivity index is 1.95. The van der Waals surface area contributed by atoms with Gasteiger partial charge < -0.3 is 0 Å². The molecule has 2 aromatic carbocycles. The number of carbonyl (C=O) groups is 1. The molecule has 0 bridgehead atoms. The lowest BCUT2D eigenvalue weighted by Gasteiger charge is -2.12. The van der Waals surface area contributed by atoms with Crippen LogP contribution in [0, 0.1) is 0 Å². The molecule has 4 rings (SSSR count). The Morgan fingerprint density at radius 2 is 1.75 bits per heavy atom. The minimum absolute atomic E-state index is 0.208. The van der Waals surface area contributed by atoms with E-state index in [4.69, 9.17) is 11.6 Å². The van der Waals surface area contributed by atoms with E-state index < -0.39 is 0 Å². The summed E-state index contributed by atoms with van der Waals surface area (Å²) in [6, 6.07) is 17.7. The lowest BCUT2D eigenvalue weighted by molar-refractivity contribution is 0.112. The highest BCUT2D eigenvalue weighted by Crippen LogP contribution is 2.20. The van der Waals surface area contributed by atoms with Gasteiger partial charge in [-0.1, -0.05) is 48.0 Å². The summed E-state index contributed by atoms with van der Waals surface area (Å²) in [4.78, 5) is 32.9. The van der Waals surface area contributed by atoms with E-state index in [-0.39, 0.29) is 10.7 Å². The van der Waals surface area contributed by atoms with Crippen LogP contribution in [-0.4, -0.2) is 20.8 Å². The van der Waals surface area contributed by atoms with E-state index in [9.17, 15) is 9.59 Å². The summed E-state index contributed by atoms with van der Waals surface area (Å²) in [6.45, 7) is 0. The molecule has 0 aliphatic rings. The normalized spacial score (nSPS) is 11.2. The number of rotatable bonds is 4. The number of fused-ring (bicyclic) bond motifs is 1. The highest BCUT2D eigenvalue weighted by Gasteiger charge is 2.13. The predicted molar refractivity (Wildman–Crippen MR) is 111 cm³/mol. The topological polar surface area (TPSA) is 64.8 Å². The number of para-hydroxylation sites is 1. The van der Waals surface area contributed by atoms with Crippen molar-refractivity contribution < 1.29 is 4.79 Å². The van der Waals surface area contributed by atoms with Crippen molar-refractivity contribution in [2.75, 3.05) is 0 Å². The Morgan fingerprint density at radius 3 is 2.57 bits per heavy atom. The molecule has 6 heteroatoms. The summed E-state index contributed by atoms with van der Waals surface area (Å²) in [5.74, 6) is 0.412. The van der Waals surface area contributed by atoms with Crippen LogP contribution < -0.4 is 5.56 Å². The van der Waals surface area contributed by atoms with Crippen LogP contribution >= 0.6 is 11.6 Å². The van der Waals surface area contributed by atoms with Gasteiger partial charge in [0.05, 0.1) is 16.6 Å². The van der Waals surface area contributed by atoms with Crippen LogP contribution in [0.4, 0.5) is 0 Å². The summed E-state index contributed by atoms with van der Waals surface area (Å²) in [5, 5.41) is 0.696. The van der Waals surface area contributed by atoms with E-state index in [0.29, 0.717) is 28.0 Å². The fourth-order valence-electron chi connectivity index (χ4n) is 2.95. The van der Waals surface area contributed by atoms with E-state index in [2.05, 4.69) is 9.97 Å². The average molecular weight is 388 g/mol. The maximum Gasteiger partial charge on any atom is 0.266 e. The van der Waals surface area contributed by atoms with Crippen LogP contribution in [0.3, 0.4) is 0 Å². The van der Waals surface area contributed by atoms with E-state index in [1.807, 2.05) is 12.1 Å². The van der Waals surface area contributed by atoms with Crippen molar-refractivity contribution in [2.45, 2.75) is 0 Å². The van der Waals surface area contributed by atoms with Crippen molar-refractivity contribution in [1.82, 2.24) is 14.5 Å². The molecule has 2 aromatic heterocycles. The minimum atomic E-state index is -0.234.